The predicted molar refractivity (Wildman–Crippen MR) is 85.2 cm³/mol. The number of anilines is 1. The number of thioether (sulfide) groups is 1. The molecule has 5 nitrogen and oxygen atoms in total. The number of nitrogens with two attached hydrogens (primary N) is 2. The molecule has 2 aromatic rings. The monoisotopic (exact) mass is 303 g/mol. The fourth-order valence-corrected chi connectivity index (χ4v) is 2.46. The molecule has 6 heteroatoms. The van der Waals surface area contributed by atoms with Crippen molar-refractivity contribution in [3.05, 3.63) is 54.1 Å². The first-order valence-corrected chi connectivity index (χ1v) is 7.40. The number of amides is 1. The van der Waals surface area contributed by atoms with E-state index in [-0.39, 0.29) is 5.91 Å². The highest BCUT2D eigenvalue weighted by molar-refractivity contribution is 7.99. The van der Waals surface area contributed by atoms with Crippen LogP contribution in [-0.4, -0.2) is 18.3 Å². The Bertz CT molecular complexity index is 602. The highest BCUT2D eigenvalue weighted by atomic mass is 32.2. The van der Waals surface area contributed by atoms with Crippen LogP contribution in [0.1, 0.15) is 10.4 Å². The van der Waals surface area contributed by atoms with Gasteiger partial charge in [0.15, 0.2) is 0 Å². The van der Waals surface area contributed by atoms with Gasteiger partial charge in [-0.15, -0.1) is 11.8 Å². The Morgan fingerprint density at radius 2 is 1.86 bits per heavy atom. The number of ether oxygens (including phenoxy) is 1. The minimum atomic E-state index is -0.364. The first kappa shape index (κ1) is 15.2. The maximum absolute atomic E-state index is 11.6. The van der Waals surface area contributed by atoms with Crippen LogP contribution in [0.15, 0.2) is 53.4 Å². The summed E-state index contributed by atoms with van der Waals surface area (Å²) in [6, 6.07) is 14.7. The maximum atomic E-state index is 11.6. The number of rotatable bonds is 6. The van der Waals surface area contributed by atoms with Crippen molar-refractivity contribution >= 4 is 23.4 Å². The van der Waals surface area contributed by atoms with Crippen LogP contribution in [0.3, 0.4) is 0 Å². The zero-order valence-corrected chi connectivity index (χ0v) is 12.2. The summed E-state index contributed by atoms with van der Waals surface area (Å²) in [5.41, 5.74) is 8.92. The zero-order chi connectivity index (χ0) is 15.1. The Balaban J connectivity index is 1.86. The summed E-state index contributed by atoms with van der Waals surface area (Å²) in [6.07, 6.45) is 0. The first-order chi connectivity index (χ1) is 10.2. The van der Waals surface area contributed by atoms with Crippen LogP contribution in [-0.2, 0) is 0 Å². The van der Waals surface area contributed by atoms with E-state index in [1.54, 1.807) is 30.0 Å². The van der Waals surface area contributed by atoms with Crippen molar-refractivity contribution in [2.75, 3.05) is 18.1 Å². The fraction of sp³-hybridized carbons (Fsp3) is 0.133. The molecule has 0 aromatic heterocycles. The van der Waals surface area contributed by atoms with Crippen molar-refractivity contribution < 1.29 is 9.53 Å². The van der Waals surface area contributed by atoms with Gasteiger partial charge in [-0.3, -0.25) is 10.2 Å². The quantitative estimate of drug-likeness (QED) is 0.190. The summed E-state index contributed by atoms with van der Waals surface area (Å²) in [6.45, 7) is 0.490. The van der Waals surface area contributed by atoms with Gasteiger partial charge in [0, 0.05) is 16.3 Å². The lowest BCUT2D eigenvalue weighted by Crippen LogP contribution is -2.30. The molecule has 0 heterocycles. The normalized spacial score (nSPS) is 10.1. The van der Waals surface area contributed by atoms with E-state index in [0.29, 0.717) is 17.9 Å². The molecule has 0 unspecified atom stereocenters. The maximum Gasteiger partial charge on any atom is 0.268 e. The van der Waals surface area contributed by atoms with Crippen molar-refractivity contribution in [1.29, 1.82) is 0 Å². The van der Waals surface area contributed by atoms with Gasteiger partial charge in [0.05, 0.1) is 12.2 Å². The number of hydrazine groups is 1. The summed E-state index contributed by atoms with van der Waals surface area (Å²) in [7, 11) is 0. The number of nitrogen functional groups attached to an aromatic ring is 2. The minimum Gasteiger partial charge on any atom is -0.492 e. The molecular weight excluding hydrogens is 286 g/mol. The van der Waals surface area contributed by atoms with Crippen LogP contribution in [0.2, 0.25) is 0 Å². The molecule has 2 aromatic carbocycles. The molecular formula is C15H17N3O2S. The summed E-state index contributed by atoms with van der Waals surface area (Å²) in [5, 5.41) is 0. The third kappa shape index (κ3) is 4.40. The number of nitrogens with one attached hydrogen (secondary N) is 1. The van der Waals surface area contributed by atoms with Gasteiger partial charge in [0.2, 0.25) is 0 Å². The van der Waals surface area contributed by atoms with Gasteiger partial charge in [-0.1, -0.05) is 12.1 Å². The molecule has 0 radical (unpaired) electrons. The molecule has 2 rings (SSSR count). The van der Waals surface area contributed by atoms with E-state index in [4.69, 9.17) is 16.3 Å². The summed E-state index contributed by atoms with van der Waals surface area (Å²) < 4.78 is 5.64. The third-order valence-electron chi connectivity index (χ3n) is 2.75. The Morgan fingerprint density at radius 1 is 1.14 bits per heavy atom. The molecule has 0 spiro atoms. The van der Waals surface area contributed by atoms with Gasteiger partial charge in [-0.05, 0) is 36.4 Å². The largest absolute Gasteiger partial charge is 0.492 e. The molecule has 0 fully saturated rings. The summed E-state index contributed by atoms with van der Waals surface area (Å²) in [5.74, 6) is 6.08. The average molecular weight is 303 g/mol. The van der Waals surface area contributed by atoms with Crippen LogP contribution in [0.25, 0.3) is 0 Å². The second-order valence-electron chi connectivity index (χ2n) is 4.24. The van der Waals surface area contributed by atoms with E-state index in [0.717, 1.165) is 16.3 Å². The lowest BCUT2D eigenvalue weighted by Gasteiger charge is -2.10. The van der Waals surface area contributed by atoms with E-state index in [2.05, 4.69) is 5.43 Å². The summed E-state index contributed by atoms with van der Waals surface area (Å²) in [4.78, 5) is 12.7. The van der Waals surface area contributed by atoms with Gasteiger partial charge in [-0.25, -0.2) is 5.84 Å². The lowest BCUT2D eigenvalue weighted by molar-refractivity contribution is 0.0950. The molecule has 0 aliphatic heterocycles. The molecule has 0 aliphatic carbocycles. The molecule has 110 valence electrons. The van der Waals surface area contributed by atoms with Crippen molar-refractivity contribution in [2.45, 2.75) is 4.90 Å². The van der Waals surface area contributed by atoms with E-state index in [1.807, 2.05) is 30.3 Å². The molecule has 0 saturated carbocycles. The van der Waals surface area contributed by atoms with E-state index in [9.17, 15) is 4.79 Å². The molecule has 21 heavy (non-hydrogen) atoms. The second kappa shape index (κ2) is 7.56. The SMILES string of the molecule is NNC(=O)c1ccccc1OCCSc1ccc(N)cc1. The highest BCUT2D eigenvalue weighted by Crippen LogP contribution is 2.21. The Labute approximate surface area is 127 Å². The van der Waals surface area contributed by atoms with Crippen LogP contribution in [0.5, 0.6) is 5.75 Å². The van der Waals surface area contributed by atoms with E-state index < -0.39 is 0 Å². The third-order valence-corrected chi connectivity index (χ3v) is 3.73. The van der Waals surface area contributed by atoms with Crippen LogP contribution in [0, 0.1) is 0 Å². The summed E-state index contributed by atoms with van der Waals surface area (Å²) >= 11 is 1.66. The molecule has 0 atom stereocenters. The average Bonchev–Trinajstić information content (AvgIpc) is 2.53. The van der Waals surface area contributed by atoms with Crippen LogP contribution < -0.4 is 21.7 Å². The number of hydrogen-bond acceptors (Lipinski definition) is 5. The van der Waals surface area contributed by atoms with Gasteiger partial charge in [0.1, 0.15) is 5.75 Å². The second-order valence-corrected chi connectivity index (χ2v) is 5.40. The number of hydrogen-bond donors (Lipinski definition) is 3. The molecule has 0 saturated heterocycles. The Hall–Kier alpha value is -2.18. The van der Waals surface area contributed by atoms with Crippen molar-refractivity contribution in [3.8, 4) is 5.75 Å². The van der Waals surface area contributed by atoms with Gasteiger partial charge in [-0.2, -0.15) is 0 Å². The molecule has 1 amide bonds. The number of benzene rings is 2. The lowest BCUT2D eigenvalue weighted by atomic mass is 10.2. The van der Waals surface area contributed by atoms with Crippen LogP contribution in [0.4, 0.5) is 5.69 Å². The molecule has 5 N–H and O–H groups in total. The topological polar surface area (TPSA) is 90.4 Å². The van der Waals surface area contributed by atoms with E-state index in [1.165, 1.54) is 0 Å². The van der Waals surface area contributed by atoms with Crippen molar-refractivity contribution in [2.24, 2.45) is 5.84 Å². The number of carbonyl (C=O) groups excluding carboxylic acids is 1. The number of carbonyl (C=O) groups is 1. The minimum absolute atomic E-state index is 0.364. The van der Waals surface area contributed by atoms with Crippen LogP contribution >= 0.6 is 11.8 Å². The van der Waals surface area contributed by atoms with Gasteiger partial charge < -0.3 is 10.5 Å². The van der Waals surface area contributed by atoms with E-state index >= 15 is 0 Å². The smallest absolute Gasteiger partial charge is 0.268 e. The highest BCUT2D eigenvalue weighted by Gasteiger charge is 2.10. The zero-order valence-electron chi connectivity index (χ0n) is 11.4. The van der Waals surface area contributed by atoms with Crippen molar-refractivity contribution in [3.63, 3.8) is 0 Å². The first-order valence-electron chi connectivity index (χ1n) is 6.42. The molecule has 0 aliphatic rings. The Kier molecular flexibility index (Phi) is 5.48. The molecule has 0 bridgehead atoms. The predicted octanol–water partition coefficient (Wildman–Crippen LogP) is 2.04. The fourth-order valence-electron chi connectivity index (χ4n) is 1.73. The van der Waals surface area contributed by atoms with Gasteiger partial charge >= 0.3 is 0 Å². The standard InChI is InChI=1S/C15H17N3O2S/c16-11-5-7-12(8-6-11)21-10-9-20-14-4-2-1-3-13(14)15(19)18-17/h1-8H,9-10,16-17H2,(H,18,19). The Morgan fingerprint density at radius 3 is 2.57 bits per heavy atom. The van der Waals surface area contributed by atoms with Crippen molar-refractivity contribution in [1.82, 2.24) is 5.43 Å². The number of para-hydroxylation sites is 1. The van der Waals surface area contributed by atoms with Gasteiger partial charge in [0.25, 0.3) is 5.91 Å².